The van der Waals surface area contributed by atoms with Crippen molar-refractivity contribution in [2.75, 3.05) is 7.11 Å². The molecule has 0 spiro atoms. The second-order valence-electron chi connectivity index (χ2n) is 8.84. The lowest BCUT2D eigenvalue weighted by Crippen LogP contribution is -2.50. The Morgan fingerprint density at radius 2 is 1.81 bits per heavy atom. The molecule has 0 N–H and O–H groups in total. The summed E-state index contributed by atoms with van der Waals surface area (Å²) < 4.78 is 5.35. The first kappa shape index (κ1) is 19.9. The first-order valence-electron chi connectivity index (χ1n) is 10.3. The van der Waals surface area contributed by atoms with Gasteiger partial charge in [0.05, 0.1) is 0 Å². The third-order valence-corrected chi connectivity index (χ3v) is 6.22. The molecule has 2 saturated carbocycles. The fourth-order valence-electron chi connectivity index (χ4n) is 4.51. The highest BCUT2D eigenvalue weighted by atomic mass is 16.6. The second-order valence-corrected chi connectivity index (χ2v) is 8.84. The van der Waals surface area contributed by atoms with Crippen LogP contribution in [0, 0.1) is 5.41 Å². The molecule has 6 heteroatoms. The zero-order valence-electron chi connectivity index (χ0n) is 17.2. The van der Waals surface area contributed by atoms with Crippen molar-refractivity contribution in [1.29, 1.82) is 0 Å². The maximum atomic E-state index is 13.4. The van der Waals surface area contributed by atoms with E-state index in [1.807, 2.05) is 0 Å². The van der Waals surface area contributed by atoms with Gasteiger partial charge in [-0.1, -0.05) is 43.4 Å². The number of carbonyl (C=O) groups excluding carboxylic acids is 1. The minimum atomic E-state index is 0.00632. The molecule has 0 aromatic carbocycles. The summed E-state index contributed by atoms with van der Waals surface area (Å²) in [6, 6.07) is 2.33. The van der Waals surface area contributed by atoms with E-state index >= 15 is 0 Å². The molecule has 0 radical (unpaired) electrons. The highest BCUT2D eigenvalue weighted by molar-refractivity contribution is 5.99. The number of hydrogen-bond donors (Lipinski definition) is 0. The lowest BCUT2D eigenvalue weighted by molar-refractivity contribution is 0.0351. The summed E-state index contributed by atoms with van der Waals surface area (Å²) in [5.74, 6) is 0.486. The minimum absolute atomic E-state index is 0.00632. The van der Waals surface area contributed by atoms with E-state index in [1.165, 1.54) is 26.4 Å². The lowest BCUT2D eigenvalue weighted by atomic mass is 9.74. The van der Waals surface area contributed by atoms with Crippen LogP contribution >= 0.6 is 0 Å². The average Bonchev–Trinajstić information content (AvgIpc) is 3.15. The number of carbonyl (C=O) groups is 1. The predicted octanol–water partition coefficient (Wildman–Crippen LogP) is 4.79. The zero-order chi connectivity index (χ0) is 19.4. The highest BCUT2D eigenvalue weighted by Gasteiger charge is 2.37. The van der Waals surface area contributed by atoms with Crippen molar-refractivity contribution in [2.45, 2.75) is 90.6 Å². The quantitative estimate of drug-likeness (QED) is 0.548. The maximum absolute atomic E-state index is 13.4. The van der Waals surface area contributed by atoms with Gasteiger partial charge in [-0.05, 0) is 50.9 Å². The van der Waals surface area contributed by atoms with E-state index in [0.717, 1.165) is 38.5 Å². The summed E-state index contributed by atoms with van der Waals surface area (Å²) in [4.78, 5) is 20.4. The number of oxime groups is 1. The number of hydrogen-bond acceptors (Lipinski definition) is 5. The first-order valence-corrected chi connectivity index (χ1v) is 10.3. The molecule has 1 aromatic rings. The summed E-state index contributed by atoms with van der Waals surface area (Å²) in [5, 5.41) is 7.92. The molecule has 0 bridgehead atoms. The van der Waals surface area contributed by atoms with Gasteiger partial charge >= 0.3 is 0 Å². The van der Waals surface area contributed by atoms with E-state index in [9.17, 15) is 4.79 Å². The van der Waals surface area contributed by atoms with Crippen LogP contribution < -0.4 is 0 Å². The fourth-order valence-corrected chi connectivity index (χ4v) is 4.51. The largest absolute Gasteiger partial charge is 0.399 e. The molecule has 0 atom stereocenters. The topological polar surface area (TPSA) is 67.9 Å². The molecule has 2 fully saturated rings. The Kier molecular flexibility index (Phi) is 6.22. The van der Waals surface area contributed by atoms with Gasteiger partial charge in [-0.25, -0.2) is 0 Å². The average molecular weight is 376 g/mol. The highest BCUT2D eigenvalue weighted by Crippen LogP contribution is 2.39. The fraction of sp³-hybridized carbons (Fsp3) is 0.762. The van der Waals surface area contributed by atoms with Gasteiger partial charge in [-0.3, -0.25) is 4.79 Å². The maximum Gasteiger partial charge on any atom is 0.276 e. The first-order chi connectivity index (χ1) is 12.9. The van der Waals surface area contributed by atoms with Crippen LogP contribution in [0.15, 0.2) is 15.7 Å². The summed E-state index contributed by atoms with van der Waals surface area (Å²) in [7, 11) is 1.49. The smallest absolute Gasteiger partial charge is 0.276 e. The van der Waals surface area contributed by atoms with Crippen LogP contribution in [0.2, 0.25) is 0 Å². The molecule has 1 amide bonds. The van der Waals surface area contributed by atoms with Crippen LogP contribution in [0.5, 0.6) is 0 Å². The molecule has 3 rings (SSSR count). The van der Waals surface area contributed by atoms with Gasteiger partial charge in [-0.2, -0.15) is 0 Å². The van der Waals surface area contributed by atoms with E-state index in [0.29, 0.717) is 34.7 Å². The molecule has 0 aliphatic heterocycles. The van der Waals surface area contributed by atoms with Crippen molar-refractivity contribution in [1.82, 2.24) is 10.1 Å². The molecular formula is C21H33N3O3. The number of aromatic nitrogens is 1. The summed E-state index contributed by atoms with van der Waals surface area (Å²) in [5.41, 5.74) is 1.34. The van der Waals surface area contributed by atoms with Crippen molar-refractivity contribution in [3.8, 4) is 0 Å². The minimum Gasteiger partial charge on any atom is -0.399 e. The van der Waals surface area contributed by atoms with Gasteiger partial charge in [0, 0.05) is 18.2 Å². The Morgan fingerprint density at radius 1 is 1.19 bits per heavy atom. The Hall–Kier alpha value is -1.85. The molecule has 150 valence electrons. The molecule has 0 saturated heterocycles. The Balaban J connectivity index is 1.81. The third kappa shape index (κ3) is 4.71. The lowest BCUT2D eigenvalue weighted by Gasteiger charge is -2.44. The SMILES string of the molecule is CO/N=C(/C)c1cc(C(=O)N(C2CCCCC2)C2CCC(C)(C)CC2)no1. The Morgan fingerprint density at radius 3 is 2.44 bits per heavy atom. The van der Waals surface area contributed by atoms with Crippen LogP contribution in [0.3, 0.4) is 0 Å². The van der Waals surface area contributed by atoms with Gasteiger partial charge in [0.2, 0.25) is 0 Å². The Bertz CT molecular complexity index is 664. The van der Waals surface area contributed by atoms with E-state index in [1.54, 1.807) is 13.0 Å². The van der Waals surface area contributed by atoms with Gasteiger partial charge in [-0.15, -0.1) is 0 Å². The van der Waals surface area contributed by atoms with Gasteiger partial charge in [0.15, 0.2) is 11.5 Å². The van der Waals surface area contributed by atoms with Crippen molar-refractivity contribution >= 4 is 11.6 Å². The van der Waals surface area contributed by atoms with Crippen LogP contribution in [-0.4, -0.2) is 40.9 Å². The van der Waals surface area contributed by atoms with E-state index in [-0.39, 0.29) is 5.91 Å². The summed E-state index contributed by atoms with van der Waals surface area (Å²) >= 11 is 0. The van der Waals surface area contributed by atoms with E-state index in [2.05, 4.69) is 29.1 Å². The predicted molar refractivity (Wildman–Crippen MR) is 105 cm³/mol. The number of amides is 1. The standard InChI is InChI=1S/C21H33N3O3/c1-15(22-26-4)19-14-18(23-27-19)20(25)24(16-8-6-5-7-9-16)17-10-12-21(2,3)13-11-17/h14,16-17H,5-13H2,1-4H3/b22-15-. The van der Waals surface area contributed by atoms with Crippen molar-refractivity contribution in [3.63, 3.8) is 0 Å². The van der Waals surface area contributed by atoms with Crippen LogP contribution in [0.1, 0.15) is 94.8 Å². The van der Waals surface area contributed by atoms with E-state index < -0.39 is 0 Å². The van der Waals surface area contributed by atoms with Gasteiger partial charge in [0.25, 0.3) is 5.91 Å². The molecule has 6 nitrogen and oxygen atoms in total. The number of rotatable bonds is 5. The molecule has 1 aromatic heterocycles. The normalized spacial score (nSPS) is 21.9. The van der Waals surface area contributed by atoms with Crippen molar-refractivity contribution < 1.29 is 14.2 Å². The van der Waals surface area contributed by atoms with Crippen LogP contribution in [0.4, 0.5) is 0 Å². The van der Waals surface area contributed by atoms with Crippen LogP contribution in [0.25, 0.3) is 0 Å². The summed E-state index contributed by atoms with van der Waals surface area (Å²) in [6.45, 7) is 6.44. The Labute approximate surface area is 162 Å². The van der Waals surface area contributed by atoms with Crippen molar-refractivity contribution in [2.24, 2.45) is 10.6 Å². The molecule has 27 heavy (non-hydrogen) atoms. The molecule has 2 aliphatic rings. The summed E-state index contributed by atoms with van der Waals surface area (Å²) in [6.07, 6.45) is 10.4. The number of nitrogens with zero attached hydrogens (tertiary/aromatic N) is 3. The second kappa shape index (κ2) is 8.44. The van der Waals surface area contributed by atoms with Crippen molar-refractivity contribution in [3.05, 3.63) is 17.5 Å². The van der Waals surface area contributed by atoms with Gasteiger partial charge in [0.1, 0.15) is 12.8 Å². The monoisotopic (exact) mass is 375 g/mol. The van der Waals surface area contributed by atoms with E-state index in [4.69, 9.17) is 9.36 Å². The zero-order valence-corrected chi connectivity index (χ0v) is 17.2. The molecular weight excluding hydrogens is 342 g/mol. The molecule has 1 heterocycles. The van der Waals surface area contributed by atoms with Crippen LogP contribution in [-0.2, 0) is 4.84 Å². The molecule has 0 unspecified atom stereocenters. The van der Waals surface area contributed by atoms with Gasteiger partial charge < -0.3 is 14.3 Å². The third-order valence-electron chi connectivity index (χ3n) is 6.22. The molecule has 2 aliphatic carbocycles.